The molecule has 1 aliphatic heterocycles. The van der Waals surface area contributed by atoms with E-state index < -0.39 is 0 Å². The van der Waals surface area contributed by atoms with E-state index in [2.05, 4.69) is 19.2 Å². The molecule has 1 saturated heterocycles. The zero-order chi connectivity index (χ0) is 19.4. The van der Waals surface area contributed by atoms with Crippen LogP contribution in [-0.2, 0) is 11.2 Å². The van der Waals surface area contributed by atoms with E-state index in [1.54, 1.807) is 11.3 Å². The maximum atomic E-state index is 12.9. The van der Waals surface area contributed by atoms with E-state index in [1.165, 1.54) is 34.7 Å². The van der Waals surface area contributed by atoms with Gasteiger partial charge >= 0.3 is 0 Å². The Morgan fingerprint density at radius 1 is 1.15 bits per heavy atom. The van der Waals surface area contributed by atoms with Gasteiger partial charge < -0.3 is 10.2 Å². The standard InChI is InChI=1S/C20H24FN3O2S/c1-3-15-12-18(27-14(15)2)20(26)24-10-8-23(9-11-24)13-19(25)22-17-6-4-16(21)5-7-17/h4-7,12H,3,8-11,13H2,1-2H3,(H,22,25). The Balaban J connectivity index is 1.48. The number of halogens is 1. The maximum absolute atomic E-state index is 12.9. The molecule has 0 atom stereocenters. The summed E-state index contributed by atoms with van der Waals surface area (Å²) in [6.07, 6.45) is 0.937. The van der Waals surface area contributed by atoms with Crippen LogP contribution in [0.5, 0.6) is 0 Å². The lowest BCUT2D eigenvalue weighted by Crippen LogP contribution is -2.50. The molecule has 0 spiro atoms. The van der Waals surface area contributed by atoms with Gasteiger partial charge in [-0.1, -0.05) is 6.92 Å². The van der Waals surface area contributed by atoms with E-state index in [4.69, 9.17) is 0 Å². The van der Waals surface area contributed by atoms with Crippen molar-refractivity contribution in [2.45, 2.75) is 20.3 Å². The van der Waals surface area contributed by atoms with Crippen molar-refractivity contribution < 1.29 is 14.0 Å². The van der Waals surface area contributed by atoms with Gasteiger partial charge in [0.2, 0.25) is 5.91 Å². The predicted octanol–water partition coefficient (Wildman–Crippen LogP) is 3.15. The van der Waals surface area contributed by atoms with Crippen LogP contribution >= 0.6 is 11.3 Å². The lowest BCUT2D eigenvalue weighted by Gasteiger charge is -2.34. The SMILES string of the molecule is CCc1cc(C(=O)N2CCN(CC(=O)Nc3ccc(F)cc3)CC2)sc1C. The van der Waals surface area contributed by atoms with E-state index >= 15 is 0 Å². The fourth-order valence-electron chi connectivity index (χ4n) is 3.18. The third-order valence-electron chi connectivity index (χ3n) is 4.77. The summed E-state index contributed by atoms with van der Waals surface area (Å²) in [5.41, 5.74) is 1.81. The lowest BCUT2D eigenvalue weighted by molar-refractivity contribution is -0.117. The predicted molar refractivity (Wildman–Crippen MR) is 106 cm³/mol. The monoisotopic (exact) mass is 389 g/mol. The van der Waals surface area contributed by atoms with Crippen molar-refractivity contribution in [2.75, 3.05) is 38.0 Å². The second-order valence-electron chi connectivity index (χ2n) is 6.67. The van der Waals surface area contributed by atoms with Gasteiger partial charge in [0.25, 0.3) is 5.91 Å². The van der Waals surface area contributed by atoms with Gasteiger partial charge in [-0.3, -0.25) is 14.5 Å². The summed E-state index contributed by atoms with van der Waals surface area (Å²) in [5, 5.41) is 2.77. The lowest BCUT2D eigenvalue weighted by atomic mass is 10.2. The summed E-state index contributed by atoms with van der Waals surface area (Å²) >= 11 is 1.56. The molecule has 1 N–H and O–H groups in total. The highest BCUT2D eigenvalue weighted by atomic mass is 32.1. The molecule has 2 heterocycles. The van der Waals surface area contributed by atoms with Gasteiger partial charge in [-0.05, 0) is 49.2 Å². The summed E-state index contributed by atoms with van der Waals surface area (Å²) in [5.74, 6) is -0.387. The number of piperazine rings is 1. The molecule has 1 aromatic carbocycles. The average molecular weight is 389 g/mol. The highest BCUT2D eigenvalue weighted by Gasteiger charge is 2.24. The first-order valence-corrected chi connectivity index (χ1v) is 9.94. The van der Waals surface area contributed by atoms with Gasteiger partial charge in [-0.15, -0.1) is 11.3 Å². The van der Waals surface area contributed by atoms with Crippen molar-refractivity contribution in [3.8, 4) is 0 Å². The summed E-state index contributed by atoms with van der Waals surface area (Å²) in [4.78, 5) is 30.7. The van der Waals surface area contributed by atoms with Gasteiger partial charge in [0.1, 0.15) is 5.82 Å². The summed E-state index contributed by atoms with van der Waals surface area (Å²) in [6, 6.07) is 7.71. The first-order chi connectivity index (χ1) is 13.0. The minimum atomic E-state index is -0.333. The Hall–Kier alpha value is -2.25. The Kier molecular flexibility index (Phi) is 6.23. The number of benzene rings is 1. The Morgan fingerprint density at radius 3 is 2.41 bits per heavy atom. The van der Waals surface area contributed by atoms with Crippen LogP contribution in [0.4, 0.5) is 10.1 Å². The quantitative estimate of drug-likeness (QED) is 0.855. The number of amides is 2. The van der Waals surface area contributed by atoms with Gasteiger partial charge in [0.05, 0.1) is 11.4 Å². The van der Waals surface area contributed by atoms with Crippen LogP contribution in [0.15, 0.2) is 30.3 Å². The molecule has 0 saturated carbocycles. The van der Waals surface area contributed by atoms with E-state index in [1.807, 2.05) is 15.9 Å². The molecule has 144 valence electrons. The Morgan fingerprint density at radius 2 is 1.81 bits per heavy atom. The molecule has 0 unspecified atom stereocenters. The molecule has 0 radical (unpaired) electrons. The second-order valence-corrected chi connectivity index (χ2v) is 7.93. The van der Waals surface area contributed by atoms with Crippen LogP contribution in [0.25, 0.3) is 0 Å². The number of hydrogen-bond donors (Lipinski definition) is 1. The smallest absolute Gasteiger partial charge is 0.264 e. The number of aryl methyl sites for hydroxylation is 2. The van der Waals surface area contributed by atoms with Crippen LogP contribution in [-0.4, -0.2) is 54.3 Å². The van der Waals surface area contributed by atoms with Crippen molar-refractivity contribution in [2.24, 2.45) is 0 Å². The molecular formula is C20H24FN3O2S. The largest absolute Gasteiger partial charge is 0.335 e. The van der Waals surface area contributed by atoms with Crippen LogP contribution in [0, 0.1) is 12.7 Å². The van der Waals surface area contributed by atoms with Crippen LogP contribution in [0.1, 0.15) is 27.0 Å². The molecule has 0 bridgehead atoms. The minimum Gasteiger partial charge on any atom is -0.335 e. The second kappa shape index (κ2) is 8.63. The van der Waals surface area contributed by atoms with E-state index in [9.17, 15) is 14.0 Å². The van der Waals surface area contributed by atoms with Crippen LogP contribution in [0.2, 0.25) is 0 Å². The average Bonchev–Trinajstić information content (AvgIpc) is 3.04. The van der Waals surface area contributed by atoms with E-state index in [0.717, 1.165) is 11.3 Å². The number of nitrogens with one attached hydrogen (secondary N) is 1. The summed E-state index contributed by atoms with van der Waals surface area (Å²) < 4.78 is 12.9. The zero-order valence-corrected chi connectivity index (χ0v) is 16.4. The van der Waals surface area contributed by atoms with Crippen LogP contribution < -0.4 is 5.32 Å². The Labute approximate surface area is 162 Å². The van der Waals surface area contributed by atoms with E-state index in [0.29, 0.717) is 31.9 Å². The molecule has 0 aliphatic carbocycles. The molecule has 3 rings (SSSR count). The first kappa shape index (κ1) is 19.5. The third-order valence-corrected chi connectivity index (χ3v) is 5.85. The molecule has 1 fully saturated rings. The molecule has 2 amide bonds. The fourth-order valence-corrected chi connectivity index (χ4v) is 4.26. The summed E-state index contributed by atoms with van der Waals surface area (Å²) in [6.45, 7) is 6.96. The first-order valence-electron chi connectivity index (χ1n) is 9.12. The number of anilines is 1. The topological polar surface area (TPSA) is 52.7 Å². The molecule has 7 heteroatoms. The highest BCUT2D eigenvalue weighted by molar-refractivity contribution is 7.14. The highest BCUT2D eigenvalue weighted by Crippen LogP contribution is 2.23. The fraction of sp³-hybridized carbons (Fsp3) is 0.400. The van der Waals surface area contributed by atoms with Crippen molar-refractivity contribution in [3.05, 3.63) is 51.5 Å². The van der Waals surface area contributed by atoms with Crippen molar-refractivity contribution >= 4 is 28.8 Å². The van der Waals surface area contributed by atoms with Crippen LogP contribution in [0.3, 0.4) is 0 Å². The van der Waals surface area contributed by atoms with E-state index in [-0.39, 0.29) is 24.2 Å². The van der Waals surface area contributed by atoms with Gasteiger partial charge in [0, 0.05) is 36.7 Å². The molecular weight excluding hydrogens is 365 g/mol. The minimum absolute atomic E-state index is 0.0817. The number of nitrogens with zero attached hydrogens (tertiary/aromatic N) is 2. The third kappa shape index (κ3) is 4.93. The molecule has 1 aromatic heterocycles. The zero-order valence-electron chi connectivity index (χ0n) is 15.6. The van der Waals surface area contributed by atoms with Crippen molar-refractivity contribution in [1.29, 1.82) is 0 Å². The molecule has 27 heavy (non-hydrogen) atoms. The Bertz CT molecular complexity index is 811. The number of rotatable bonds is 5. The summed E-state index contributed by atoms with van der Waals surface area (Å²) in [7, 11) is 0. The van der Waals surface area contributed by atoms with Gasteiger partial charge in [-0.2, -0.15) is 0 Å². The number of thiophene rings is 1. The molecule has 1 aliphatic rings. The number of carbonyl (C=O) groups is 2. The molecule has 5 nitrogen and oxygen atoms in total. The number of hydrogen-bond acceptors (Lipinski definition) is 4. The van der Waals surface area contributed by atoms with Crippen molar-refractivity contribution in [1.82, 2.24) is 9.80 Å². The van der Waals surface area contributed by atoms with Crippen molar-refractivity contribution in [3.63, 3.8) is 0 Å². The van der Waals surface area contributed by atoms with Gasteiger partial charge in [-0.25, -0.2) is 4.39 Å². The number of carbonyl (C=O) groups excluding carboxylic acids is 2. The van der Waals surface area contributed by atoms with Gasteiger partial charge in [0.15, 0.2) is 0 Å². The maximum Gasteiger partial charge on any atom is 0.264 e. The molecule has 2 aromatic rings. The normalized spacial score (nSPS) is 15.0.